The molecule has 0 atom stereocenters. The Bertz CT molecular complexity index is 4500. The van der Waals surface area contributed by atoms with E-state index in [9.17, 15) is 0 Å². The molecule has 0 aromatic heterocycles. The van der Waals surface area contributed by atoms with Gasteiger partial charge in [0.05, 0.1) is 5.41 Å². The Morgan fingerprint density at radius 3 is 0.764 bits per heavy atom. The first-order chi connectivity index (χ1) is 44.2. The number of para-hydroxylation sites is 5. The second kappa shape index (κ2) is 24.1. The molecule has 424 valence electrons. The third kappa shape index (κ3) is 10.4. The van der Waals surface area contributed by atoms with Gasteiger partial charge < -0.3 is 19.6 Å². The van der Waals surface area contributed by atoms with Gasteiger partial charge in [0, 0.05) is 68.3 Å². The Kier molecular flexibility index (Phi) is 14.7. The molecule has 0 radical (unpaired) electrons. The van der Waals surface area contributed by atoms with Crippen LogP contribution in [0.15, 0.2) is 370 Å². The molecule has 0 amide bonds. The maximum Gasteiger partial charge on any atom is 0.0713 e. The molecule has 0 bridgehead atoms. The lowest BCUT2D eigenvalue weighted by molar-refractivity contribution is 0.768. The quantitative estimate of drug-likeness (QED) is 0.0956. The van der Waals surface area contributed by atoms with E-state index in [1.165, 1.54) is 55.9 Å². The average Bonchev–Trinajstić information content (AvgIpc) is 1.59. The Hall–Kier alpha value is -11.5. The van der Waals surface area contributed by atoms with Gasteiger partial charge in [0.25, 0.3) is 0 Å². The Morgan fingerprint density at radius 2 is 0.472 bits per heavy atom. The van der Waals surface area contributed by atoms with Crippen molar-refractivity contribution >= 4 is 62.6 Å². The SMILES string of the molecule is C1=CCCC(N(c2ccccc2)c2ccc(-c3ccc(N(c4ccccc4)c4ccc(C5(c6ccc(N(c7ccccc7)c7ccc(-c8ccc(N(c9ccccc9)c9ccccc9)cc8)cc7)cc6)c6ccccc6-c6ccccc65)cc4)cc3)cc2)=C1. The summed E-state index contributed by atoms with van der Waals surface area (Å²) in [5, 5.41) is 0. The largest absolute Gasteiger partial charge is 0.314 e. The van der Waals surface area contributed by atoms with Crippen molar-refractivity contribution in [3.63, 3.8) is 0 Å². The molecule has 4 heteroatoms. The van der Waals surface area contributed by atoms with E-state index < -0.39 is 5.41 Å². The molecule has 2 aliphatic rings. The lowest BCUT2D eigenvalue weighted by Gasteiger charge is -2.35. The third-order valence-corrected chi connectivity index (χ3v) is 17.6. The zero-order valence-corrected chi connectivity index (χ0v) is 49.3. The first-order valence-electron chi connectivity index (χ1n) is 30.8. The summed E-state index contributed by atoms with van der Waals surface area (Å²) >= 11 is 0. The standard InChI is InChI=1S/C85H64N4/c1-7-23-69(24-8-1)86(70-25-9-2-10-26-70)75-51-39-63(40-52-75)65-43-55-77(56-44-65)88(73-31-15-5-16-32-73)79-59-47-67(48-60-79)85(83-37-21-19-35-81(83)82-36-20-22-38-84(82)85)68-49-61-80(62-50-68)89(74-33-17-6-18-34-74)78-57-45-66(46-58-78)64-41-53-76(54-42-64)87(71-27-11-3-12-28-71)72-29-13-4-14-30-72/h1-13,15-29,31-62H,14,30H2. The molecular formula is C85H64N4. The highest BCUT2D eigenvalue weighted by molar-refractivity contribution is 5.88. The second-order valence-electron chi connectivity index (χ2n) is 22.8. The van der Waals surface area contributed by atoms with Crippen LogP contribution >= 0.6 is 0 Å². The number of fused-ring (bicyclic) bond motifs is 3. The minimum Gasteiger partial charge on any atom is -0.314 e. The van der Waals surface area contributed by atoms with E-state index in [1.54, 1.807) is 0 Å². The number of rotatable bonds is 16. The molecule has 0 aliphatic heterocycles. The topological polar surface area (TPSA) is 13.0 Å². The molecule has 2 aliphatic carbocycles. The summed E-state index contributed by atoms with van der Waals surface area (Å²) in [5.74, 6) is 0. The predicted molar refractivity (Wildman–Crippen MR) is 374 cm³/mol. The summed E-state index contributed by atoms with van der Waals surface area (Å²) in [6, 6.07) is 126. The first kappa shape index (κ1) is 54.2. The monoisotopic (exact) mass is 1140 g/mol. The van der Waals surface area contributed by atoms with E-state index in [-0.39, 0.29) is 0 Å². The van der Waals surface area contributed by atoms with Crippen molar-refractivity contribution in [3.05, 3.63) is 392 Å². The third-order valence-electron chi connectivity index (χ3n) is 17.6. The fourth-order valence-electron chi connectivity index (χ4n) is 13.4. The summed E-state index contributed by atoms with van der Waals surface area (Å²) in [7, 11) is 0. The van der Waals surface area contributed by atoms with E-state index >= 15 is 0 Å². The Morgan fingerprint density at radius 1 is 0.225 bits per heavy atom. The molecule has 13 aromatic carbocycles. The van der Waals surface area contributed by atoms with Crippen LogP contribution in [0.4, 0.5) is 62.6 Å². The van der Waals surface area contributed by atoms with Gasteiger partial charge in [-0.1, -0.05) is 224 Å². The number of anilines is 11. The van der Waals surface area contributed by atoms with E-state index in [2.05, 4.69) is 384 Å². The zero-order chi connectivity index (χ0) is 59.4. The van der Waals surface area contributed by atoms with Crippen molar-refractivity contribution in [3.8, 4) is 33.4 Å². The smallest absolute Gasteiger partial charge is 0.0713 e. The Balaban J connectivity index is 0.752. The lowest BCUT2D eigenvalue weighted by atomic mass is 9.67. The summed E-state index contributed by atoms with van der Waals surface area (Å²) in [6.07, 6.45) is 8.71. The summed E-state index contributed by atoms with van der Waals surface area (Å²) in [5.41, 5.74) is 25.0. The van der Waals surface area contributed by atoms with Crippen LogP contribution in [0.5, 0.6) is 0 Å². The van der Waals surface area contributed by atoms with Crippen LogP contribution in [0.2, 0.25) is 0 Å². The van der Waals surface area contributed by atoms with Crippen molar-refractivity contribution < 1.29 is 0 Å². The maximum absolute atomic E-state index is 2.38. The van der Waals surface area contributed by atoms with Crippen LogP contribution in [0.1, 0.15) is 35.1 Å². The molecule has 13 aromatic rings. The normalized spacial score (nSPS) is 12.7. The van der Waals surface area contributed by atoms with Gasteiger partial charge in [-0.3, -0.25) is 0 Å². The summed E-state index contributed by atoms with van der Waals surface area (Å²) in [6.45, 7) is 0. The number of allylic oxidation sites excluding steroid dienone is 4. The fraction of sp³-hybridized carbons (Fsp3) is 0.0353. The fourth-order valence-corrected chi connectivity index (χ4v) is 13.4. The number of hydrogen-bond acceptors (Lipinski definition) is 4. The zero-order valence-electron chi connectivity index (χ0n) is 49.3. The number of nitrogens with zero attached hydrogens (tertiary/aromatic N) is 4. The van der Waals surface area contributed by atoms with E-state index in [0.29, 0.717) is 0 Å². The van der Waals surface area contributed by atoms with E-state index in [1.807, 2.05) is 0 Å². The maximum atomic E-state index is 2.38. The van der Waals surface area contributed by atoms with E-state index in [0.717, 1.165) is 80.8 Å². The van der Waals surface area contributed by atoms with Gasteiger partial charge in [0.15, 0.2) is 0 Å². The van der Waals surface area contributed by atoms with Gasteiger partial charge in [0.1, 0.15) is 0 Å². The summed E-state index contributed by atoms with van der Waals surface area (Å²) in [4.78, 5) is 9.41. The van der Waals surface area contributed by atoms with Gasteiger partial charge in [0.2, 0.25) is 0 Å². The van der Waals surface area contributed by atoms with Crippen LogP contribution in [-0.4, -0.2) is 0 Å². The van der Waals surface area contributed by atoms with Crippen LogP contribution in [-0.2, 0) is 5.41 Å². The van der Waals surface area contributed by atoms with Gasteiger partial charge in [-0.2, -0.15) is 0 Å². The van der Waals surface area contributed by atoms with Crippen LogP contribution in [0.3, 0.4) is 0 Å². The van der Waals surface area contributed by atoms with Crippen LogP contribution < -0.4 is 19.6 Å². The van der Waals surface area contributed by atoms with Crippen molar-refractivity contribution in [2.75, 3.05) is 19.6 Å². The molecule has 0 heterocycles. The molecule has 89 heavy (non-hydrogen) atoms. The highest BCUT2D eigenvalue weighted by atomic mass is 15.2. The number of hydrogen-bond donors (Lipinski definition) is 0. The van der Waals surface area contributed by atoms with Gasteiger partial charge >= 0.3 is 0 Å². The lowest BCUT2D eigenvalue weighted by Crippen LogP contribution is -2.28. The van der Waals surface area contributed by atoms with Crippen LogP contribution in [0, 0.1) is 0 Å². The van der Waals surface area contributed by atoms with E-state index in [4.69, 9.17) is 0 Å². The highest BCUT2D eigenvalue weighted by Gasteiger charge is 2.46. The van der Waals surface area contributed by atoms with Crippen molar-refractivity contribution in [1.29, 1.82) is 0 Å². The van der Waals surface area contributed by atoms with Crippen molar-refractivity contribution in [2.24, 2.45) is 0 Å². The molecule has 0 N–H and O–H groups in total. The number of benzene rings is 13. The van der Waals surface area contributed by atoms with Crippen LogP contribution in [0.25, 0.3) is 33.4 Å². The molecule has 0 saturated heterocycles. The average molecular weight is 1140 g/mol. The molecular weight excluding hydrogens is 1080 g/mol. The molecule has 0 spiro atoms. The second-order valence-corrected chi connectivity index (χ2v) is 22.8. The minimum atomic E-state index is -0.602. The van der Waals surface area contributed by atoms with Crippen molar-refractivity contribution in [2.45, 2.75) is 18.3 Å². The van der Waals surface area contributed by atoms with Crippen molar-refractivity contribution in [1.82, 2.24) is 0 Å². The molecule has 15 rings (SSSR count). The minimum absolute atomic E-state index is 0.602. The molecule has 4 nitrogen and oxygen atoms in total. The predicted octanol–water partition coefficient (Wildman–Crippen LogP) is 23.2. The Labute approximate surface area is 522 Å². The van der Waals surface area contributed by atoms with Gasteiger partial charge in [-0.15, -0.1) is 0 Å². The molecule has 0 unspecified atom stereocenters. The first-order valence-corrected chi connectivity index (χ1v) is 30.8. The van der Waals surface area contributed by atoms with Gasteiger partial charge in [-0.25, -0.2) is 0 Å². The summed E-state index contributed by atoms with van der Waals surface area (Å²) < 4.78 is 0. The molecule has 0 fully saturated rings. The highest BCUT2D eigenvalue weighted by Crippen LogP contribution is 2.57. The molecule has 0 saturated carbocycles. The van der Waals surface area contributed by atoms with Gasteiger partial charge in [-0.05, 0) is 208 Å².